The fourth-order valence-corrected chi connectivity index (χ4v) is 4.12. The van der Waals surface area contributed by atoms with Gasteiger partial charge >= 0.3 is 5.97 Å². The molecule has 0 saturated heterocycles. The number of nitrogens with zero attached hydrogens (tertiary/aromatic N) is 2. The second-order valence-electron chi connectivity index (χ2n) is 4.36. The summed E-state index contributed by atoms with van der Waals surface area (Å²) in [5.74, 6) is -0.766. The van der Waals surface area contributed by atoms with Crippen molar-refractivity contribution in [3.05, 3.63) is 28.2 Å². The highest BCUT2D eigenvalue weighted by atomic mass is 32.2. The van der Waals surface area contributed by atoms with Crippen LogP contribution in [0.4, 0.5) is 0 Å². The summed E-state index contributed by atoms with van der Waals surface area (Å²) in [5, 5.41) is 12.9. The quantitative estimate of drug-likeness (QED) is 0.778. The number of rotatable bonds is 7. The van der Waals surface area contributed by atoms with Crippen molar-refractivity contribution in [1.82, 2.24) is 14.9 Å². The van der Waals surface area contributed by atoms with E-state index in [0.29, 0.717) is 29.9 Å². The maximum absolute atomic E-state index is 12.3. The zero-order valence-corrected chi connectivity index (χ0v) is 13.6. The molecule has 0 spiro atoms. The number of carbonyl (C=O) groups is 1. The molecule has 2 aromatic heterocycles. The van der Waals surface area contributed by atoms with Gasteiger partial charge in [0.2, 0.25) is 0 Å². The molecule has 0 amide bonds. The van der Waals surface area contributed by atoms with Crippen molar-refractivity contribution >= 4 is 27.3 Å². The number of aromatic carboxylic acids is 1. The van der Waals surface area contributed by atoms with Crippen molar-refractivity contribution < 1.29 is 22.8 Å². The molecule has 2 aromatic rings. The summed E-state index contributed by atoms with van der Waals surface area (Å²) in [6, 6.07) is 0. The zero-order chi connectivity index (χ0) is 16.3. The number of aromatic nitrogens is 2. The van der Waals surface area contributed by atoms with Crippen molar-refractivity contribution in [1.29, 1.82) is 0 Å². The predicted octanol–water partition coefficient (Wildman–Crippen LogP) is 1.43. The molecular weight excluding hydrogens is 330 g/mol. The molecule has 22 heavy (non-hydrogen) atoms. The van der Waals surface area contributed by atoms with E-state index in [1.54, 1.807) is 0 Å². The van der Waals surface area contributed by atoms with Crippen molar-refractivity contribution in [3.8, 4) is 0 Å². The molecule has 0 atom stereocenters. The number of hydrogen-bond donors (Lipinski definition) is 2. The average Bonchev–Trinajstić information content (AvgIpc) is 3.11. The molecule has 120 valence electrons. The molecule has 2 heterocycles. The molecule has 0 radical (unpaired) electrons. The third-order valence-corrected chi connectivity index (χ3v) is 5.80. The van der Waals surface area contributed by atoms with E-state index >= 15 is 0 Å². The minimum Gasteiger partial charge on any atom is -0.476 e. The molecule has 10 heteroatoms. The van der Waals surface area contributed by atoms with E-state index in [4.69, 9.17) is 9.63 Å². The van der Waals surface area contributed by atoms with E-state index in [0.717, 1.165) is 11.3 Å². The third-order valence-electron chi connectivity index (χ3n) is 3.03. The van der Waals surface area contributed by atoms with Gasteiger partial charge in [0.05, 0.1) is 11.2 Å². The molecule has 8 nitrogen and oxygen atoms in total. The Morgan fingerprint density at radius 3 is 2.73 bits per heavy atom. The van der Waals surface area contributed by atoms with E-state index in [1.165, 1.54) is 5.51 Å². The molecule has 2 N–H and O–H groups in total. The van der Waals surface area contributed by atoms with Gasteiger partial charge in [0.1, 0.15) is 5.76 Å². The number of thiazole rings is 1. The maximum Gasteiger partial charge on any atom is 0.356 e. The van der Waals surface area contributed by atoms with E-state index in [1.807, 2.05) is 13.8 Å². The topological polar surface area (TPSA) is 122 Å². The minimum atomic E-state index is -3.96. The smallest absolute Gasteiger partial charge is 0.356 e. The Balaban J connectivity index is 2.25. The van der Waals surface area contributed by atoms with Crippen LogP contribution in [-0.2, 0) is 29.4 Å². The maximum atomic E-state index is 12.3. The van der Waals surface area contributed by atoms with E-state index in [9.17, 15) is 13.2 Å². The van der Waals surface area contributed by atoms with Crippen LogP contribution in [0.3, 0.4) is 0 Å². The average molecular weight is 345 g/mol. The standard InChI is InChI=1S/C12H15N3O5S2/c1-3-8-7(9(4-2)20-15-8)5-14-22(18,19)12-10(11(16)17)13-6-21-12/h6,14H,3-5H2,1-2H3,(H,16,17). The lowest BCUT2D eigenvalue weighted by Gasteiger charge is -2.06. The van der Waals surface area contributed by atoms with Gasteiger partial charge in [-0.15, -0.1) is 11.3 Å². The van der Waals surface area contributed by atoms with Gasteiger partial charge in [-0.25, -0.2) is 22.9 Å². The van der Waals surface area contributed by atoms with Gasteiger partial charge in [0, 0.05) is 18.5 Å². The van der Waals surface area contributed by atoms with Crippen LogP contribution in [0.25, 0.3) is 0 Å². The molecule has 0 fully saturated rings. The Morgan fingerprint density at radius 2 is 2.14 bits per heavy atom. The summed E-state index contributed by atoms with van der Waals surface area (Å²) in [7, 11) is -3.96. The largest absolute Gasteiger partial charge is 0.476 e. The van der Waals surface area contributed by atoms with Gasteiger partial charge in [-0.1, -0.05) is 19.0 Å². The second-order valence-corrected chi connectivity index (χ2v) is 7.17. The molecule has 0 aliphatic rings. The highest BCUT2D eigenvalue weighted by Gasteiger charge is 2.26. The molecule has 0 bridgehead atoms. The number of hydrogen-bond acceptors (Lipinski definition) is 7. The van der Waals surface area contributed by atoms with E-state index < -0.39 is 21.7 Å². The van der Waals surface area contributed by atoms with Gasteiger partial charge in [0.25, 0.3) is 10.0 Å². The number of sulfonamides is 1. The summed E-state index contributed by atoms with van der Waals surface area (Å²) in [6.07, 6.45) is 1.20. The first kappa shape index (κ1) is 16.6. The zero-order valence-electron chi connectivity index (χ0n) is 12.0. The Kier molecular flexibility index (Phi) is 4.94. The second kappa shape index (κ2) is 6.55. The normalized spacial score (nSPS) is 11.7. The molecule has 0 saturated carbocycles. The first-order chi connectivity index (χ1) is 10.4. The fraction of sp³-hybridized carbons (Fsp3) is 0.417. The molecule has 0 aliphatic carbocycles. The Hall–Kier alpha value is -1.78. The van der Waals surface area contributed by atoms with Gasteiger partial charge in [-0.2, -0.15) is 0 Å². The van der Waals surface area contributed by atoms with Crippen LogP contribution >= 0.6 is 11.3 Å². The number of carboxylic acid groups (broad SMARTS) is 1. The van der Waals surface area contributed by atoms with Gasteiger partial charge in [-0.05, 0) is 6.42 Å². The summed E-state index contributed by atoms with van der Waals surface area (Å²) in [6.45, 7) is 3.76. The van der Waals surface area contributed by atoms with Crippen molar-refractivity contribution in [2.24, 2.45) is 0 Å². The van der Waals surface area contributed by atoms with Crippen molar-refractivity contribution in [2.45, 2.75) is 37.4 Å². The lowest BCUT2D eigenvalue weighted by Crippen LogP contribution is -2.25. The number of nitrogens with one attached hydrogen (secondary N) is 1. The minimum absolute atomic E-state index is 0.00482. The summed E-state index contributed by atoms with van der Waals surface area (Å²) >= 11 is 0.760. The van der Waals surface area contributed by atoms with Crippen LogP contribution in [-0.4, -0.2) is 29.6 Å². The van der Waals surface area contributed by atoms with E-state index in [2.05, 4.69) is 14.9 Å². The van der Waals surface area contributed by atoms with Crippen LogP contribution in [0.2, 0.25) is 0 Å². The van der Waals surface area contributed by atoms with Crippen LogP contribution < -0.4 is 4.72 Å². The first-order valence-corrected chi connectivity index (χ1v) is 8.89. The number of carboxylic acids is 1. The van der Waals surface area contributed by atoms with Crippen LogP contribution in [0.15, 0.2) is 14.2 Å². The molecule has 0 aromatic carbocycles. The molecule has 2 rings (SSSR count). The Morgan fingerprint density at radius 1 is 1.41 bits per heavy atom. The van der Waals surface area contributed by atoms with Crippen LogP contribution in [0.1, 0.15) is 41.4 Å². The summed E-state index contributed by atoms with van der Waals surface area (Å²) in [5.41, 5.74) is 2.08. The summed E-state index contributed by atoms with van der Waals surface area (Å²) < 4.78 is 31.8. The van der Waals surface area contributed by atoms with Gasteiger partial charge in [-0.3, -0.25) is 0 Å². The Labute approximate surface area is 131 Å². The van der Waals surface area contributed by atoms with Crippen LogP contribution in [0, 0.1) is 0 Å². The first-order valence-electron chi connectivity index (χ1n) is 6.53. The lowest BCUT2D eigenvalue weighted by molar-refractivity contribution is 0.0687. The van der Waals surface area contributed by atoms with Crippen LogP contribution in [0.5, 0.6) is 0 Å². The van der Waals surface area contributed by atoms with E-state index in [-0.39, 0.29) is 10.8 Å². The highest BCUT2D eigenvalue weighted by Crippen LogP contribution is 2.21. The highest BCUT2D eigenvalue weighted by molar-refractivity contribution is 7.91. The molecular formula is C12H15N3O5S2. The van der Waals surface area contributed by atoms with Crippen molar-refractivity contribution in [3.63, 3.8) is 0 Å². The Bertz CT molecular complexity index is 757. The SMILES string of the molecule is CCc1noc(CC)c1CNS(=O)(=O)c1scnc1C(=O)O. The number of aryl methyl sites for hydroxylation is 2. The van der Waals surface area contributed by atoms with Crippen molar-refractivity contribution in [2.75, 3.05) is 0 Å². The van der Waals surface area contributed by atoms with Gasteiger partial charge in [0.15, 0.2) is 9.90 Å². The fourth-order valence-electron chi connectivity index (χ4n) is 1.94. The third kappa shape index (κ3) is 3.18. The summed E-state index contributed by atoms with van der Waals surface area (Å²) in [4.78, 5) is 14.6. The molecule has 0 unspecified atom stereocenters. The van der Waals surface area contributed by atoms with Gasteiger partial charge < -0.3 is 9.63 Å². The lowest BCUT2D eigenvalue weighted by atomic mass is 10.1. The molecule has 0 aliphatic heterocycles. The monoisotopic (exact) mass is 345 g/mol. The predicted molar refractivity (Wildman–Crippen MR) is 78.4 cm³/mol.